The van der Waals surface area contributed by atoms with Crippen molar-refractivity contribution in [3.8, 4) is 0 Å². The third-order valence-corrected chi connectivity index (χ3v) is 3.70. The Morgan fingerprint density at radius 1 is 1.04 bits per heavy atom. The van der Waals surface area contributed by atoms with Crippen molar-refractivity contribution in [3.63, 3.8) is 0 Å². The molecule has 25 heavy (non-hydrogen) atoms. The summed E-state index contributed by atoms with van der Waals surface area (Å²) in [6, 6.07) is 12.2. The first-order valence-corrected chi connectivity index (χ1v) is 7.44. The van der Waals surface area contributed by atoms with E-state index in [0.717, 1.165) is 11.6 Å². The number of anilines is 1. The molecule has 0 aliphatic carbocycles. The Morgan fingerprint density at radius 2 is 1.76 bits per heavy atom. The summed E-state index contributed by atoms with van der Waals surface area (Å²) in [6.07, 6.45) is -3.24. The molecule has 3 rings (SSSR count). The van der Waals surface area contributed by atoms with Crippen LogP contribution >= 0.6 is 0 Å². The van der Waals surface area contributed by atoms with Crippen molar-refractivity contribution in [2.24, 2.45) is 0 Å². The van der Waals surface area contributed by atoms with Gasteiger partial charge in [-0.1, -0.05) is 29.8 Å². The number of para-hydroxylation sites is 1. The molecule has 4 nitrogen and oxygen atoms in total. The molecule has 0 saturated heterocycles. The summed E-state index contributed by atoms with van der Waals surface area (Å²) in [4.78, 5) is 16.0. The molecule has 7 heteroatoms. The van der Waals surface area contributed by atoms with Crippen LogP contribution in [0.25, 0.3) is 10.9 Å². The monoisotopic (exact) mass is 345 g/mol. The SMILES string of the molecule is Cc1ccc(C(=O)NNc2ccnc3c(C(F)(F)F)cccc23)cc1. The van der Waals surface area contributed by atoms with Crippen LogP contribution in [0.1, 0.15) is 21.5 Å². The van der Waals surface area contributed by atoms with E-state index in [9.17, 15) is 18.0 Å². The first kappa shape index (κ1) is 16.8. The van der Waals surface area contributed by atoms with Crippen molar-refractivity contribution in [2.45, 2.75) is 13.1 Å². The van der Waals surface area contributed by atoms with Gasteiger partial charge < -0.3 is 0 Å². The summed E-state index contributed by atoms with van der Waals surface area (Å²) in [5, 5.41) is 0.265. The van der Waals surface area contributed by atoms with Gasteiger partial charge in [0.2, 0.25) is 0 Å². The highest BCUT2D eigenvalue weighted by Gasteiger charge is 2.33. The number of hydrazine groups is 1. The van der Waals surface area contributed by atoms with Crippen LogP contribution in [0.5, 0.6) is 0 Å². The van der Waals surface area contributed by atoms with E-state index in [4.69, 9.17) is 0 Å². The van der Waals surface area contributed by atoms with Gasteiger partial charge in [-0.3, -0.25) is 20.6 Å². The number of hydrogen-bond donors (Lipinski definition) is 2. The number of alkyl halides is 3. The number of pyridine rings is 1. The second-order valence-corrected chi connectivity index (χ2v) is 5.50. The standard InChI is InChI=1S/C18H14F3N3O/c1-11-5-7-12(8-6-11)17(25)24-23-15-9-10-22-16-13(15)3-2-4-14(16)18(19,20)21/h2-10H,1H3,(H,22,23)(H,24,25). The number of fused-ring (bicyclic) bond motifs is 1. The quantitative estimate of drug-likeness (QED) is 0.695. The number of nitrogens with one attached hydrogen (secondary N) is 2. The van der Waals surface area contributed by atoms with E-state index in [0.29, 0.717) is 11.3 Å². The highest BCUT2D eigenvalue weighted by Crippen LogP contribution is 2.35. The summed E-state index contributed by atoms with van der Waals surface area (Å²) in [5.74, 6) is -0.392. The summed E-state index contributed by atoms with van der Waals surface area (Å²) < 4.78 is 39.3. The Balaban J connectivity index is 1.87. The van der Waals surface area contributed by atoms with Crippen molar-refractivity contribution in [1.29, 1.82) is 0 Å². The lowest BCUT2D eigenvalue weighted by atomic mass is 10.1. The molecule has 0 fully saturated rings. The van der Waals surface area contributed by atoms with Crippen LogP contribution in [0.3, 0.4) is 0 Å². The molecule has 2 N–H and O–H groups in total. The van der Waals surface area contributed by atoms with E-state index in [2.05, 4.69) is 15.8 Å². The molecule has 3 aromatic rings. The average Bonchev–Trinajstić information content (AvgIpc) is 2.59. The topological polar surface area (TPSA) is 54.0 Å². The smallest absolute Gasteiger partial charge is 0.298 e. The fourth-order valence-corrected chi connectivity index (χ4v) is 2.42. The predicted molar refractivity (Wildman–Crippen MR) is 89.0 cm³/mol. The molecular formula is C18H14F3N3O. The first-order chi connectivity index (χ1) is 11.9. The Kier molecular flexibility index (Phi) is 4.31. The van der Waals surface area contributed by atoms with Crippen molar-refractivity contribution in [2.75, 3.05) is 5.43 Å². The minimum Gasteiger partial charge on any atom is -0.298 e. The van der Waals surface area contributed by atoms with E-state index in [1.807, 2.05) is 6.92 Å². The molecule has 1 amide bonds. The number of aromatic nitrogens is 1. The number of carbonyl (C=O) groups excluding carboxylic acids is 1. The Labute approximate surface area is 141 Å². The fraction of sp³-hybridized carbons (Fsp3) is 0.111. The van der Waals surface area contributed by atoms with Gasteiger partial charge in [0.15, 0.2) is 0 Å². The van der Waals surface area contributed by atoms with E-state index in [-0.39, 0.29) is 10.9 Å². The molecule has 0 bridgehead atoms. The molecule has 1 aromatic heterocycles. The third kappa shape index (κ3) is 3.55. The lowest BCUT2D eigenvalue weighted by molar-refractivity contribution is -0.136. The second-order valence-electron chi connectivity index (χ2n) is 5.50. The van der Waals surface area contributed by atoms with Gasteiger partial charge in [0.25, 0.3) is 5.91 Å². The summed E-state index contributed by atoms with van der Waals surface area (Å²) in [5.41, 5.74) is 5.95. The summed E-state index contributed by atoms with van der Waals surface area (Å²) >= 11 is 0. The van der Waals surface area contributed by atoms with Crippen molar-refractivity contribution < 1.29 is 18.0 Å². The Bertz CT molecular complexity index is 921. The van der Waals surface area contributed by atoms with Crippen LogP contribution in [0, 0.1) is 6.92 Å². The molecule has 128 valence electrons. The molecule has 2 aromatic carbocycles. The Morgan fingerprint density at radius 3 is 2.44 bits per heavy atom. The molecule has 0 aliphatic heterocycles. The zero-order chi connectivity index (χ0) is 18.0. The summed E-state index contributed by atoms with van der Waals surface area (Å²) in [7, 11) is 0. The molecule has 0 aliphatic rings. The van der Waals surface area contributed by atoms with Gasteiger partial charge in [-0.2, -0.15) is 13.2 Å². The average molecular weight is 345 g/mol. The maximum Gasteiger partial charge on any atom is 0.418 e. The fourth-order valence-electron chi connectivity index (χ4n) is 2.42. The van der Waals surface area contributed by atoms with Gasteiger partial charge in [-0.05, 0) is 31.2 Å². The zero-order valence-corrected chi connectivity index (χ0v) is 13.2. The lowest BCUT2D eigenvalue weighted by Crippen LogP contribution is -2.29. The largest absolute Gasteiger partial charge is 0.418 e. The highest BCUT2D eigenvalue weighted by molar-refractivity contribution is 5.97. The molecule has 0 atom stereocenters. The number of amides is 1. The van der Waals surface area contributed by atoms with Gasteiger partial charge in [0.05, 0.1) is 16.8 Å². The maximum absolute atomic E-state index is 13.1. The maximum atomic E-state index is 13.1. The number of aryl methyl sites for hydroxylation is 1. The number of carbonyl (C=O) groups is 1. The molecule has 0 radical (unpaired) electrons. The van der Waals surface area contributed by atoms with Crippen LogP contribution in [-0.2, 0) is 6.18 Å². The van der Waals surface area contributed by atoms with Crippen LogP contribution < -0.4 is 10.9 Å². The minimum absolute atomic E-state index is 0.176. The van der Waals surface area contributed by atoms with Crippen LogP contribution in [0.15, 0.2) is 54.7 Å². The molecular weight excluding hydrogens is 331 g/mol. The van der Waals surface area contributed by atoms with Crippen LogP contribution in [0.2, 0.25) is 0 Å². The van der Waals surface area contributed by atoms with Crippen molar-refractivity contribution in [3.05, 3.63) is 71.4 Å². The van der Waals surface area contributed by atoms with E-state index in [1.54, 1.807) is 24.3 Å². The van der Waals surface area contributed by atoms with Gasteiger partial charge in [0.1, 0.15) is 0 Å². The number of halogens is 3. The van der Waals surface area contributed by atoms with Crippen molar-refractivity contribution in [1.82, 2.24) is 10.4 Å². The summed E-state index contributed by atoms with van der Waals surface area (Å²) in [6.45, 7) is 1.90. The Hall–Kier alpha value is -3.09. The number of nitrogens with zero attached hydrogens (tertiary/aromatic N) is 1. The molecule has 0 spiro atoms. The normalized spacial score (nSPS) is 11.4. The van der Waals surface area contributed by atoms with E-state index in [1.165, 1.54) is 24.4 Å². The van der Waals surface area contributed by atoms with Crippen LogP contribution in [0.4, 0.5) is 18.9 Å². The van der Waals surface area contributed by atoms with E-state index < -0.39 is 17.6 Å². The number of rotatable bonds is 3. The zero-order valence-electron chi connectivity index (χ0n) is 13.2. The van der Waals surface area contributed by atoms with Gasteiger partial charge in [0, 0.05) is 17.1 Å². The number of benzene rings is 2. The molecule has 0 saturated carbocycles. The van der Waals surface area contributed by atoms with Gasteiger partial charge in [-0.15, -0.1) is 0 Å². The number of hydrogen-bond acceptors (Lipinski definition) is 3. The lowest BCUT2D eigenvalue weighted by Gasteiger charge is -2.14. The molecule has 0 unspecified atom stereocenters. The van der Waals surface area contributed by atoms with E-state index >= 15 is 0 Å². The van der Waals surface area contributed by atoms with Crippen LogP contribution in [-0.4, -0.2) is 10.9 Å². The van der Waals surface area contributed by atoms with Gasteiger partial charge >= 0.3 is 6.18 Å². The minimum atomic E-state index is -4.50. The first-order valence-electron chi connectivity index (χ1n) is 7.44. The van der Waals surface area contributed by atoms with Gasteiger partial charge in [-0.25, -0.2) is 0 Å². The predicted octanol–water partition coefficient (Wildman–Crippen LogP) is 4.32. The molecule has 1 heterocycles. The second kappa shape index (κ2) is 6.43. The van der Waals surface area contributed by atoms with Crippen molar-refractivity contribution >= 4 is 22.5 Å². The third-order valence-electron chi connectivity index (χ3n) is 3.70. The highest BCUT2D eigenvalue weighted by atomic mass is 19.4.